The van der Waals surface area contributed by atoms with Crippen molar-refractivity contribution in [2.75, 3.05) is 0 Å². The average molecular weight is 341 g/mol. The van der Waals surface area contributed by atoms with Gasteiger partial charge in [0.15, 0.2) is 0 Å². The van der Waals surface area contributed by atoms with Crippen molar-refractivity contribution in [2.45, 2.75) is 10.8 Å². The Morgan fingerprint density at radius 3 is 2.92 bits per heavy atom. The van der Waals surface area contributed by atoms with E-state index < -0.39 is 0 Å². The SMILES string of the molecule is Sc1csc2cc(CCl)cc(I)c12. The zero-order chi connectivity index (χ0) is 9.42. The van der Waals surface area contributed by atoms with E-state index in [1.165, 1.54) is 19.2 Å². The first-order valence-electron chi connectivity index (χ1n) is 3.67. The molecule has 4 heteroatoms. The Bertz CT molecular complexity index is 450. The van der Waals surface area contributed by atoms with Gasteiger partial charge >= 0.3 is 0 Å². The fourth-order valence-corrected chi connectivity index (χ4v) is 4.15. The van der Waals surface area contributed by atoms with Gasteiger partial charge in [0.1, 0.15) is 0 Å². The Hall–Kier alpha value is 0.550. The van der Waals surface area contributed by atoms with Crippen molar-refractivity contribution in [1.82, 2.24) is 0 Å². The van der Waals surface area contributed by atoms with Crippen LogP contribution in [0.25, 0.3) is 10.1 Å². The molecule has 0 unspecified atom stereocenters. The maximum Gasteiger partial charge on any atom is 0.0474 e. The van der Waals surface area contributed by atoms with Crippen LogP contribution < -0.4 is 0 Å². The number of hydrogen-bond donors (Lipinski definition) is 1. The van der Waals surface area contributed by atoms with Crippen molar-refractivity contribution in [1.29, 1.82) is 0 Å². The molecule has 1 aromatic carbocycles. The molecule has 0 amide bonds. The molecule has 2 rings (SSSR count). The summed E-state index contributed by atoms with van der Waals surface area (Å²) in [5.74, 6) is 0.575. The molecule has 0 bridgehead atoms. The van der Waals surface area contributed by atoms with E-state index in [4.69, 9.17) is 11.6 Å². The third kappa shape index (κ3) is 1.84. The van der Waals surface area contributed by atoms with Gasteiger partial charge in [-0.05, 0) is 40.3 Å². The Labute approximate surface area is 105 Å². The van der Waals surface area contributed by atoms with Crippen LogP contribution in [0.2, 0.25) is 0 Å². The van der Waals surface area contributed by atoms with E-state index in [1.54, 1.807) is 11.3 Å². The van der Waals surface area contributed by atoms with Crippen molar-refractivity contribution in [3.63, 3.8) is 0 Å². The Morgan fingerprint density at radius 2 is 2.23 bits per heavy atom. The number of rotatable bonds is 1. The molecule has 0 aliphatic rings. The summed E-state index contributed by atoms with van der Waals surface area (Å²) in [7, 11) is 0. The van der Waals surface area contributed by atoms with Gasteiger partial charge in [0.05, 0.1) is 0 Å². The summed E-state index contributed by atoms with van der Waals surface area (Å²) in [4.78, 5) is 1.06. The van der Waals surface area contributed by atoms with E-state index in [9.17, 15) is 0 Å². The monoisotopic (exact) mass is 340 g/mol. The summed E-state index contributed by atoms with van der Waals surface area (Å²) in [6, 6.07) is 4.25. The summed E-state index contributed by atoms with van der Waals surface area (Å²) < 4.78 is 2.50. The maximum absolute atomic E-state index is 5.79. The van der Waals surface area contributed by atoms with Crippen LogP contribution in [-0.4, -0.2) is 0 Å². The van der Waals surface area contributed by atoms with Crippen LogP contribution in [0.3, 0.4) is 0 Å². The summed E-state index contributed by atoms with van der Waals surface area (Å²) in [5.41, 5.74) is 1.17. The number of thiophene rings is 1. The molecule has 68 valence electrons. The quantitative estimate of drug-likeness (QED) is 0.440. The third-order valence-electron chi connectivity index (χ3n) is 1.82. The van der Waals surface area contributed by atoms with Crippen LogP contribution >= 0.6 is 58.2 Å². The summed E-state index contributed by atoms with van der Waals surface area (Å²) in [5, 5.41) is 3.32. The first-order valence-corrected chi connectivity index (χ1v) is 6.61. The molecule has 1 heterocycles. The van der Waals surface area contributed by atoms with E-state index in [1.807, 2.05) is 0 Å². The highest BCUT2D eigenvalue weighted by atomic mass is 127. The minimum absolute atomic E-state index is 0.575. The van der Waals surface area contributed by atoms with Gasteiger partial charge in [-0.25, -0.2) is 0 Å². The standard InChI is InChI=1S/C9H6ClIS2/c10-3-5-1-6(11)9-7(12)4-13-8(9)2-5/h1-2,4,12H,3H2. The van der Waals surface area contributed by atoms with E-state index in [2.05, 4.69) is 52.7 Å². The van der Waals surface area contributed by atoms with E-state index in [0.717, 1.165) is 4.90 Å². The minimum Gasteiger partial charge on any atom is -0.143 e. The van der Waals surface area contributed by atoms with Crippen molar-refractivity contribution in [2.24, 2.45) is 0 Å². The zero-order valence-corrected chi connectivity index (χ0v) is 11.2. The van der Waals surface area contributed by atoms with E-state index in [-0.39, 0.29) is 0 Å². The number of benzene rings is 1. The highest BCUT2D eigenvalue weighted by Gasteiger charge is 2.06. The summed E-state index contributed by atoms with van der Waals surface area (Å²) >= 11 is 14.2. The van der Waals surface area contributed by atoms with Crippen LogP contribution in [0, 0.1) is 3.57 Å². The molecule has 0 aliphatic heterocycles. The van der Waals surface area contributed by atoms with Crippen LogP contribution in [0.5, 0.6) is 0 Å². The molecule has 0 fully saturated rings. The van der Waals surface area contributed by atoms with Gasteiger partial charge in [0.25, 0.3) is 0 Å². The van der Waals surface area contributed by atoms with E-state index in [0.29, 0.717) is 5.88 Å². The molecule has 0 N–H and O–H groups in total. The fourth-order valence-electron chi connectivity index (χ4n) is 1.23. The topological polar surface area (TPSA) is 0 Å². The normalized spacial score (nSPS) is 11.0. The van der Waals surface area contributed by atoms with Crippen LogP contribution in [0.4, 0.5) is 0 Å². The first kappa shape index (κ1) is 10.1. The fraction of sp³-hybridized carbons (Fsp3) is 0.111. The number of halogens is 2. The molecule has 2 aromatic rings. The molecule has 0 saturated heterocycles. The average Bonchev–Trinajstić information content (AvgIpc) is 2.48. The molecule has 1 aromatic heterocycles. The Morgan fingerprint density at radius 1 is 1.46 bits per heavy atom. The largest absolute Gasteiger partial charge is 0.143 e. The first-order chi connectivity index (χ1) is 6.22. The summed E-state index contributed by atoms with van der Waals surface area (Å²) in [6.07, 6.45) is 0. The maximum atomic E-state index is 5.79. The lowest BCUT2D eigenvalue weighted by Gasteiger charge is -1.99. The lowest BCUT2D eigenvalue weighted by Crippen LogP contribution is -1.80. The summed E-state index contributed by atoms with van der Waals surface area (Å²) in [6.45, 7) is 0. The second kappa shape index (κ2) is 3.96. The minimum atomic E-state index is 0.575. The lowest BCUT2D eigenvalue weighted by atomic mass is 10.2. The van der Waals surface area contributed by atoms with Gasteiger partial charge in [-0.3, -0.25) is 0 Å². The molecule has 0 nitrogen and oxygen atoms in total. The van der Waals surface area contributed by atoms with Crippen molar-refractivity contribution in [3.05, 3.63) is 26.6 Å². The molecule has 0 spiro atoms. The predicted octanol–water partition coefficient (Wildman–Crippen LogP) is 4.53. The van der Waals surface area contributed by atoms with Gasteiger partial charge in [0.2, 0.25) is 0 Å². The molecular weight excluding hydrogens is 335 g/mol. The second-order valence-electron chi connectivity index (χ2n) is 2.71. The number of fused-ring (bicyclic) bond motifs is 1. The van der Waals surface area contributed by atoms with Gasteiger partial charge in [-0.1, -0.05) is 0 Å². The Balaban J connectivity index is 2.79. The highest BCUT2D eigenvalue weighted by molar-refractivity contribution is 14.1. The van der Waals surface area contributed by atoms with Gasteiger partial charge in [-0.15, -0.1) is 35.6 Å². The van der Waals surface area contributed by atoms with Crippen molar-refractivity contribution < 1.29 is 0 Å². The molecule has 13 heavy (non-hydrogen) atoms. The molecule has 0 radical (unpaired) electrons. The number of hydrogen-bond acceptors (Lipinski definition) is 2. The van der Waals surface area contributed by atoms with Crippen molar-refractivity contribution in [3.8, 4) is 0 Å². The third-order valence-corrected chi connectivity index (χ3v) is 4.44. The number of alkyl halides is 1. The molecule has 0 atom stereocenters. The zero-order valence-electron chi connectivity index (χ0n) is 6.55. The van der Waals surface area contributed by atoms with Crippen LogP contribution in [0.15, 0.2) is 22.4 Å². The van der Waals surface area contributed by atoms with Gasteiger partial charge in [0, 0.05) is 29.8 Å². The second-order valence-corrected chi connectivity index (χ2v) is 5.53. The molecule has 0 saturated carbocycles. The van der Waals surface area contributed by atoms with Crippen molar-refractivity contribution >= 4 is 68.2 Å². The Kier molecular flexibility index (Phi) is 3.07. The van der Waals surface area contributed by atoms with Gasteiger partial charge < -0.3 is 0 Å². The smallest absolute Gasteiger partial charge is 0.0474 e. The molecule has 0 aliphatic carbocycles. The predicted molar refractivity (Wildman–Crippen MR) is 71.4 cm³/mol. The number of thiol groups is 1. The van der Waals surface area contributed by atoms with E-state index >= 15 is 0 Å². The highest BCUT2D eigenvalue weighted by Crippen LogP contribution is 2.33. The van der Waals surface area contributed by atoms with Gasteiger partial charge in [-0.2, -0.15) is 0 Å². The van der Waals surface area contributed by atoms with Crippen LogP contribution in [0.1, 0.15) is 5.56 Å². The molecular formula is C9H6ClIS2. The van der Waals surface area contributed by atoms with Crippen LogP contribution in [-0.2, 0) is 5.88 Å². The lowest BCUT2D eigenvalue weighted by molar-refractivity contribution is 1.42.